The predicted octanol–water partition coefficient (Wildman–Crippen LogP) is 2.20. The van der Waals surface area contributed by atoms with Crippen LogP contribution in [0.5, 0.6) is 0 Å². The molecule has 1 saturated heterocycles. The molecule has 0 unspecified atom stereocenters. The molecule has 0 bridgehead atoms. The van der Waals surface area contributed by atoms with Crippen LogP contribution in [0.1, 0.15) is 0 Å². The Hall–Kier alpha value is -1.38. The fourth-order valence-corrected chi connectivity index (χ4v) is 3.62. The third-order valence-electron chi connectivity index (χ3n) is 3.64. The number of carbonyl (C=O) groups excluding carboxylic acids is 1. The van der Waals surface area contributed by atoms with E-state index < -0.39 is 0 Å². The van der Waals surface area contributed by atoms with Gasteiger partial charge in [-0.05, 0) is 6.07 Å². The zero-order chi connectivity index (χ0) is 16.2. The molecule has 8 heteroatoms. The lowest BCUT2D eigenvalue weighted by molar-refractivity contribution is -0.132. The van der Waals surface area contributed by atoms with Crippen LogP contribution in [0.2, 0.25) is 0 Å². The third-order valence-corrected chi connectivity index (χ3v) is 5.33. The summed E-state index contributed by atoms with van der Waals surface area (Å²) in [6.45, 7) is 2.57. The molecule has 0 atom stereocenters. The van der Waals surface area contributed by atoms with E-state index in [1.807, 2.05) is 40.8 Å². The lowest BCUT2D eigenvalue weighted by Gasteiger charge is -2.26. The van der Waals surface area contributed by atoms with Gasteiger partial charge in [-0.1, -0.05) is 45.9 Å². The Balaban J connectivity index is 1.68. The molecule has 1 aliphatic heterocycles. The number of amides is 1. The van der Waals surface area contributed by atoms with E-state index in [1.165, 1.54) is 11.8 Å². The Morgan fingerprint density at radius 2 is 2.04 bits per heavy atom. The van der Waals surface area contributed by atoms with E-state index in [-0.39, 0.29) is 5.91 Å². The van der Waals surface area contributed by atoms with Crippen molar-refractivity contribution in [3.63, 3.8) is 0 Å². The smallest absolute Gasteiger partial charge is 0.233 e. The molecule has 1 aromatic carbocycles. The van der Waals surface area contributed by atoms with Crippen molar-refractivity contribution in [1.82, 2.24) is 19.7 Å². The van der Waals surface area contributed by atoms with Gasteiger partial charge >= 0.3 is 0 Å². The molecule has 0 spiro atoms. The fourth-order valence-electron chi connectivity index (χ4n) is 2.35. The van der Waals surface area contributed by atoms with Crippen LogP contribution < -0.4 is 0 Å². The molecule has 2 heterocycles. The molecule has 122 valence electrons. The minimum Gasteiger partial charge on any atom is -0.378 e. The number of rotatable bonds is 4. The van der Waals surface area contributed by atoms with Crippen LogP contribution in [-0.4, -0.2) is 57.6 Å². The first-order valence-corrected chi connectivity index (χ1v) is 9.07. The summed E-state index contributed by atoms with van der Waals surface area (Å²) in [5.74, 6) is 1.25. The first-order valence-electron chi connectivity index (χ1n) is 7.29. The topological polar surface area (TPSA) is 60.2 Å². The Morgan fingerprint density at radius 3 is 2.78 bits per heavy atom. The zero-order valence-corrected chi connectivity index (χ0v) is 15.1. The summed E-state index contributed by atoms with van der Waals surface area (Å²) < 4.78 is 8.15. The minimum atomic E-state index is 0.115. The molecule has 6 nitrogen and oxygen atoms in total. The monoisotopic (exact) mass is 396 g/mol. The minimum absolute atomic E-state index is 0.115. The van der Waals surface area contributed by atoms with Gasteiger partial charge in [0.15, 0.2) is 11.0 Å². The van der Waals surface area contributed by atoms with Crippen molar-refractivity contribution < 1.29 is 9.53 Å². The number of halogens is 1. The summed E-state index contributed by atoms with van der Waals surface area (Å²) in [4.78, 5) is 14.0. The van der Waals surface area contributed by atoms with Gasteiger partial charge in [0.1, 0.15) is 0 Å². The maximum Gasteiger partial charge on any atom is 0.233 e. The lowest BCUT2D eigenvalue weighted by atomic mass is 10.2. The van der Waals surface area contributed by atoms with Crippen molar-refractivity contribution in [2.24, 2.45) is 7.05 Å². The predicted molar refractivity (Wildman–Crippen MR) is 92.3 cm³/mol. The second kappa shape index (κ2) is 7.46. The summed E-state index contributed by atoms with van der Waals surface area (Å²) in [5.41, 5.74) is 0.980. The number of ether oxygens (including phenoxy) is 1. The van der Waals surface area contributed by atoms with Gasteiger partial charge < -0.3 is 14.2 Å². The van der Waals surface area contributed by atoms with Gasteiger partial charge in [-0.15, -0.1) is 10.2 Å². The largest absolute Gasteiger partial charge is 0.378 e. The Kier molecular flexibility index (Phi) is 5.34. The highest BCUT2D eigenvalue weighted by atomic mass is 79.9. The third kappa shape index (κ3) is 3.76. The standard InChI is InChI=1S/C15H17BrN4O2S/c1-19-14(11-4-2-3-5-12(11)16)17-18-15(19)23-10-13(21)20-6-8-22-9-7-20/h2-5H,6-10H2,1H3. The number of morpholine rings is 1. The zero-order valence-electron chi connectivity index (χ0n) is 12.7. The molecule has 0 N–H and O–H groups in total. The number of nitrogens with zero attached hydrogens (tertiary/aromatic N) is 4. The summed E-state index contributed by atoms with van der Waals surface area (Å²) >= 11 is 4.94. The van der Waals surface area contributed by atoms with Crippen molar-refractivity contribution in [2.75, 3.05) is 32.1 Å². The summed E-state index contributed by atoms with van der Waals surface area (Å²) in [6.07, 6.45) is 0. The SMILES string of the molecule is Cn1c(SCC(=O)N2CCOCC2)nnc1-c1ccccc1Br. The van der Waals surface area contributed by atoms with Crippen LogP contribution in [0.15, 0.2) is 33.9 Å². The van der Waals surface area contributed by atoms with E-state index in [2.05, 4.69) is 26.1 Å². The van der Waals surface area contributed by atoms with Crippen LogP contribution in [0.25, 0.3) is 11.4 Å². The summed E-state index contributed by atoms with van der Waals surface area (Å²) in [6, 6.07) is 7.88. The molecule has 1 aromatic heterocycles. The molecule has 0 saturated carbocycles. The van der Waals surface area contributed by atoms with Gasteiger partial charge in [0.25, 0.3) is 0 Å². The molecular weight excluding hydrogens is 380 g/mol. The summed E-state index contributed by atoms with van der Waals surface area (Å²) in [5, 5.41) is 9.20. The van der Waals surface area contributed by atoms with Gasteiger partial charge in [-0.2, -0.15) is 0 Å². The second-order valence-corrected chi connectivity index (χ2v) is 6.92. The van der Waals surface area contributed by atoms with Crippen molar-refractivity contribution in [2.45, 2.75) is 5.16 Å². The van der Waals surface area contributed by atoms with Crippen molar-refractivity contribution >= 4 is 33.6 Å². The van der Waals surface area contributed by atoms with Crippen LogP contribution in [-0.2, 0) is 16.6 Å². The van der Waals surface area contributed by atoms with Gasteiger partial charge in [0.05, 0.1) is 19.0 Å². The molecular formula is C15H17BrN4O2S. The highest BCUT2D eigenvalue weighted by Gasteiger charge is 2.19. The molecule has 1 fully saturated rings. The molecule has 1 aliphatic rings. The average molecular weight is 397 g/mol. The number of benzene rings is 1. The quantitative estimate of drug-likeness (QED) is 0.741. The number of thioether (sulfide) groups is 1. The van der Waals surface area contributed by atoms with E-state index in [0.717, 1.165) is 21.0 Å². The molecule has 23 heavy (non-hydrogen) atoms. The first kappa shape index (κ1) is 16.5. The number of hydrogen-bond donors (Lipinski definition) is 0. The van der Waals surface area contributed by atoms with Gasteiger partial charge in [0.2, 0.25) is 5.91 Å². The van der Waals surface area contributed by atoms with E-state index in [0.29, 0.717) is 32.1 Å². The lowest BCUT2D eigenvalue weighted by Crippen LogP contribution is -2.41. The normalized spacial score (nSPS) is 15.0. The highest BCUT2D eigenvalue weighted by molar-refractivity contribution is 9.10. The number of aromatic nitrogens is 3. The molecule has 0 aliphatic carbocycles. The van der Waals surface area contributed by atoms with E-state index in [4.69, 9.17) is 4.74 Å². The second-order valence-electron chi connectivity index (χ2n) is 5.13. The molecule has 0 radical (unpaired) electrons. The molecule has 3 rings (SSSR count). The van der Waals surface area contributed by atoms with Crippen LogP contribution in [0.3, 0.4) is 0 Å². The van der Waals surface area contributed by atoms with E-state index >= 15 is 0 Å². The number of hydrogen-bond acceptors (Lipinski definition) is 5. The van der Waals surface area contributed by atoms with E-state index in [1.54, 1.807) is 0 Å². The van der Waals surface area contributed by atoms with Gasteiger partial charge in [-0.25, -0.2) is 0 Å². The fraction of sp³-hybridized carbons (Fsp3) is 0.400. The van der Waals surface area contributed by atoms with Crippen molar-refractivity contribution in [3.05, 3.63) is 28.7 Å². The van der Waals surface area contributed by atoms with Crippen LogP contribution >= 0.6 is 27.7 Å². The number of carbonyl (C=O) groups is 1. The molecule has 2 aromatic rings. The maximum absolute atomic E-state index is 12.2. The maximum atomic E-state index is 12.2. The highest BCUT2D eigenvalue weighted by Crippen LogP contribution is 2.28. The van der Waals surface area contributed by atoms with Crippen LogP contribution in [0.4, 0.5) is 0 Å². The van der Waals surface area contributed by atoms with Crippen molar-refractivity contribution in [3.8, 4) is 11.4 Å². The molecule has 1 amide bonds. The summed E-state index contributed by atoms with van der Waals surface area (Å²) in [7, 11) is 1.91. The Labute approximate surface area is 147 Å². The Morgan fingerprint density at radius 1 is 1.30 bits per heavy atom. The first-order chi connectivity index (χ1) is 11.2. The average Bonchev–Trinajstić information content (AvgIpc) is 2.94. The van der Waals surface area contributed by atoms with E-state index in [9.17, 15) is 4.79 Å². The van der Waals surface area contributed by atoms with Crippen LogP contribution in [0, 0.1) is 0 Å². The van der Waals surface area contributed by atoms with Crippen molar-refractivity contribution in [1.29, 1.82) is 0 Å². The van der Waals surface area contributed by atoms with Gasteiger partial charge in [0, 0.05) is 30.2 Å². The van der Waals surface area contributed by atoms with Gasteiger partial charge in [-0.3, -0.25) is 4.79 Å². The Bertz CT molecular complexity index is 701.